The van der Waals surface area contributed by atoms with Gasteiger partial charge in [-0.2, -0.15) is 0 Å². The SMILES string of the molecule is Cn1c(C(C)(C)C)cc2cc[n+](CC(C)(C)c3cc4cc(N)ncc4[nH]3)cc21. The molecular weight excluding hydrogens is 346 g/mol. The Morgan fingerprint density at radius 2 is 1.86 bits per heavy atom. The van der Waals surface area contributed by atoms with E-state index in [0.717, 1.165) is 17.4 Å². The molecule has 4 aromatic rings. The second kappa shape index (κ2) is 6.09. The van der Waals surface area contributed by atoms with Gasteiger partial charge in [-0.1, -0.05) is 20.8 Å². The number of nitrogens with zero attached hydrogens (tertiary/aromatic N) is 3. The highest BCUT2D eigenvalue weighted by Gasteiger charge is 2.28. The Balaban J connectivity index is 1.70. The zero-order valence-electron chi connectivity index (χ0n) is 17.7. The number of H-pyrrole nitrogens is 1. The molecule has 146 valence electrons. The molecule has 0 aromatic carbocycles. The molecular formula is C23H30N5+. The second-order valence-corrected chi connectivity index (χ2v) is 9.56. The zero-order valence-corrected chi connectivity index (χ0v) is 17.7. The van der Waals surface area contributed by atoms with Gasteiger partial charge in [0.05, 0.1) is 17.1 Å². The molecule has 0 amide bonds. The minimum atomic E-state index is -0.0653. The van der Waals surface area contributed by atoms with E-state index in [4.69, 9.17) is 5.73 Å². The molecule has 5 nitrogen and oxygen atoms in total. The normalized spacial score (nSPS) is 12.9. The molecule has 0 aliphatic carbocycles. The molecule has 4 rings (SSSR count). The first-order chi connectivity index (χ1) is 13.0. The Hall–Kier alpha value is -2.82. The second-order valence-electron chi connectivity index (χ2n) is 9.56. The number of anilines is 1. The maximum absolute atomic E-state index is 5.83. The first-order valence-corrected chi connectivity index (χ1v) is 9.78. The molecule has 0 fully saturated rings. The summed E-state index contributed by atoms with van der Waals surface area (Å²) in [5.74, 6) is 0.550. The van der Waals surface area contributed by atoms with E-state index in [9.17, 15) is 0 Å². The third-order valence-electron chi connectivity index (χ3n) is 5.65. The first-order valence-electron chi connectivity index (χ1n) is 9.78. The Kier molecular flexibility index (Phi) is 4.03. The fourth-order valence-corrected chi connectivity index (χ4v) is 4.08. The quantitative estimate of drug-likeness (QED) is 0.526. The van der Waals surface area contributed by atoms with Crippen molar-refractivity contribution in [2.75, 3.05) is 5.73 Å². The molecule has 3 N–H and O–H groups in total. The van der Waals surface area contributed by atoms with Gasteiger partial charge in [0, 0.05) is 40.7 Å². The average Bonchev–Trinajstić information content (AvgIpc) is 3.16. The number of fused-ring (bicyclic) bond motifs is 2. The first kappa shape index (κ1) is 18.5. The number of hydrogen-bond acceptors (Lipinski definition) is 2. The van der Waals surface area contributed by atoms with Crippen molar-refractivity contribution < 1.29 is 4.57 Å². The van der Waals surface area contributed by atoms with Crippen molar-refractivity contribution in [3.8, 4) is 0 Å². The lowest BCUT2D eigenvalue weighted by molar-refractivity contribution is -0.703. The summed E-state index contributed by atoms with van der Waals surface area (Å²) < 4.78 is 4.60. The topological polar surface area (TPSA) is 63.5 Å². The van der Waals surface area contributed by atoms with Crippen molar-refractivity contribution in [3.63, 3.8) is 0 Å². The molecule has 0 atom stereocenters. The summed E-state index contributed by atoms with van der Waals surface area (Å²) in [4.78, 5) is 7.71. The highest BCUT2D eigenvalue weighted by Crippen LogP contribution is 2.29. The Morgan fingerprint density at radius 1 is 1.11 bits per heavy atom. The van der Waals surface area contributed by atoms with Gasteiger partial charge >= 0.3 is 0 Å². The van der Waals surface area contributed by atoms with Gasteiger partial charge in [-0.05, 0) is 32.0 Å². The number of aryl methyl sites for hydroxylation is 1. The smallest absolute Gasteiger partial charge is 0.193 e. The number of aromatic amines is 1. The van der Waals surface area contributed by atoms with Crippen molar-refractivity contribution in [1.82, 2.24) is 14.5 Å². The van der Waals surface area contributed by atoms with Crippen molar-refractivity contribution in [2.24, 2.45) is 7.05 Å². The highest BCUT2D eigenvalue weighted by molar-refractivity contribution is 5.82. The van der Waals surface area contributed by atoms with Crippen molar-refractivity contribution in [1.29, 1.82) is 0 Å². The molecule has 4 aromatic heterocycles. The minimum absolute atomic E-state index is 0.0653. The van der Waals surface area contributed by atoms with Gasteiger partial charge in [-0.15, -0.1) is 0 Å². The van der Waals surface area contributed by atoms with E-state index >= 15 is 0 Å². The molecule has 0 bridgehead atoms. The Morgan fingerprint density at radius 3 is 2.57 bits per heavy atom. The predicted octanol–water partition coefficient (Wildman–Crippen LogP) is 4.20. The minimum Gasteiger partial charge on any atom is -0.384 e. The van der Waals surface area contributed by atoms with Crippen LogP contribution in [-0.2, 0) is 24.4 Å². The van der Waals surface area contributed by atoms with Crippen LogP contribution in [0.2, 0.25) is 0 Å². The summed E-state index contributed by atoms with van der Waals surface area (Å²) in [5.41, 5.74) is 10.7. The van der Waals surface area contributed by atoms with Crippen molar-refractivity contribution in [3.05, 3.63) is 54.2 Å². The maximum Gasteiger partial charge on any atom is 0.193 e. The summed E-state index contributed by atoms with van der Waals surface area (Å²) in [7, 11) is 2.16. The number of nitrogen functional groups attached to an aromatic ring is 1. The molecule has 0 saturated heterocycles. The number of hydrogen-bond donors (Lipinski definition) is 2. The third-order valence-corrected chi connectivity index (χ3v) is 5.65. The van der Waals surface area contributed by atoms with E-state index in [1.165, 1.54) is 22.3 Å². The lowest BCUT2D eigenvalue weighted by atomic mass is 9.89. The van der Waals surface area contributed by atoms with Crippen LogP contribution >= 0.6 is 0 Å². The third kappa shape index (κ3) is 3.15. The van der Waals surface area contributed by atoms with Crippen molar-refractivity contribution in [2.45, 2.75) is 52.0 Å². The van der Waals surface area contributed by atoms with Gasteiger partial charge in [0.15, 0.2) is 18.9 Å². The zero-order chi connectivity index (χ0) is 20.3. The van der Waals surface area contributed by atoms with Crippen LogP contribution < -0.4 is 10.3 Å². The number of pyridine rings is 2. The fourth-order valence-electron chi connectivity index (χ4n) is 4.08. The molecule has 0 radical (unpaired) electrons. The Labute approximate surface area is 166 Å². The van der Waals surface area contributed by atoms with E-state index < -0.39 is 0 Å². The number of aromatic nitrogens is 4. The van der Waals surface area contributed by atoms with Crippen LogP contribution in [0.15, 0.2) is 42.9 Å². The standard InChI is InChI=1S/C23H30N5/c1-22(2,3)20-10-15-7-8-28(13-18(15)27(20)6)14-23(4,5)19-9-16-11-21(24)25-12-17(16)26-19/h7-13,26H,14H2,1-6H3,(H2,24,25)/q+1. The average molecular weight is 377 g/mol. The van der Waals surface area contributed by atoms with Crippen LogP contribution in [0, 0.1) is 0 Å². The number of nitrogens with one attached hydrogen (secondary N) is 1. The van der Waals surface area contributed by atoms with E-state index in [2.05, 4.69) is 91.4 Å². The van der Waals surface area contributed by atoms with Crippen LogP contribution in [0.1, 0.15) is 46.0 Å². The fraction of sp³-hybridized carbons (Fsp3) is 0.391. The van der Waals surface area contributed by atoms with E-state index in [1.807, 2.05) is 6.07 Å². The molecule has 4 heterocycles. The predicted molar refractivity (Wildman–Crippen MR) is 115 cm³/mol. The van der Waals surface area contributed by atoms with Crippen LogP contribution in [-0.4, -0.2) is 14.5 Å². The lowest BCUT2D eigenvalue weighted by Gasteiger charge is -2.20. The van der Waals surface area contributed by atoms with E-state index in [-0.39, 0.29) is 10.8 Å². The maximum atomic E-state index is 5.83. The van der Waals surface area contributed by atoms with Crippen molar-refractivity contribution >= 4 is 27.6 Å². The summed E-state index contributed by atoms with van der Waals surface area (Å²) >= 11 is 0. The van der Waals surface area contributed by atoms with Crippen LogP contribution in [0.3, 0.4) is 0 Å². The van der Waals surface area contributed by atoms with E-state index in [1.54, 1.807) is 6.20 Å². The summed E-state index contributed by atoms with van der Waals surface area (Å²) in [6.45, 7) is 12.2. The molecule has 5 heteroatoms. The molecule has 0 aliphatic heterocycles. The van der Waals surface area contributed by atoms with Gasteiger partial charge in [0.25, 0.3) is 0 Å². The summed E-state index contributed by atoms with van der Waals surface area (Å²) in [6, 6.07) is 8.63. The molecule has 28 heavy (non-hydrogen) atoms. The lowest BCUT2D eigenvalue weighted by Crippen LogP contribution is -2.43. The van der Waals surface area contributed by atoms with Gasteiger partial charge in [-0.25, -0.2) is 9.55 Å². The largest absolute Gasteiger partial charge is 0.384 e. The van der Waals surface area contributed by atoms with Crippen LogP contribution in [0.4, 0.5) is 5.82 Å². The van der Waals surface area contributed by atoms with Crippen LogP contribution in [0.5, 0.6) is 0 Å². The highest BCUT2D eigenvalue weighted by atomic mass is 15.0. The Bertz CT molecular complexity index is 1170. The molecule has 0 spiro atoms. The van der Waals surface area contributed by atoms with Gasteiger partial charge in [-0.3, -0.25) is 0 Å². The van der Waals surface area contributed by atoms with Gasteiger partial charge in [0.1, 0.15) is 11.3 Å². The number of rotatable bonds is 3. The molecule has 0 unspecified atom stereocenters. The summed E-state index contributed by atoms with van der Waals surface area (Å²) in [6.07, 6.45) is 6.24. The van der Waals surface area contributed by atoms with Gasteiger partial charge < -0.3 is 15.3 Å². The van der Waals surface area contributed by atoms with E-state index in [0.29, 0.717) is 5.82 Å². The molecule has 0 aliphatic rings. The van der Waals surface area contributed by atoms with Crippen LogP contribution in [0.25, 0.3) is 21.8 Å². The number of nitrogens with two attached hydrogens (primary N) is 1. The summed E-state index contributed by atoms with van der Waals surface area (Å²) in [5, 5.41) is 2.39. The van der Waals surface area contributed by atoms with Gasteiger partial charge in [0.2, 0.25) is 0 Å². The molecule has 0 saturated carbocycles. The monoisotopic (exact) mass is 376 g/mol.